The van der Waals surface area contributed by atoms with Crippen molar-refractivity contribution >= 4 is 34.8 Å². The van der Waals surface area contributed by atoms with Crippen LogP contribution >= 0.6 is 11.6 Å². The molecule has 0 bridgehead atoms. The first-order valence-corrected chi connectivity index (χ1v) is 10.1. The lowest BCUT2D eigenvalue weighted by Crippen LogP contribution is -2.28. The lowest BCUT2D eigenvalue weighted by atomic mass is 10.1. The molecular weight excluding hydrogens is 400 g/mol. The molecule has 3 aromatic rings. The molecular formula is C24H21ClN2O3. The summed E-state index contributed by atoms with van der Waals surface area (Å²) >= 11 is 5.91. The quantitative estimate of drug-likeness (QED) is 0.598. The molecule has 0 aromatic heterocycles. The van der Waals surface area contributed by atoms with Crippen LogP contribution in [-0.4, -0.2) is 18.4 Å². The Hall–Kier alpha value is -3.31. The molecule has 0 spiro atoms. The van der Waals surface area contributed by atoms with Crippen LogP contribution < -0.4 is 15.0 Å². The highest BCUT2D eigenvalue weighted by atomic mass is 35.5. The van der Waals surface area contributed by atoms with Crippen LogP contribution in [0.3, 0.4) is 0 Å². The first-order valence-electron chi connectivity index (χ1n) is 9.69. The fourth-order valence-corrected chi connectivity index (χ4v) is 3.55. The standard InChI is InChI=1S/C24H21ClN2O3/c1-16-3-2-4-22(13-16)30-21-11-7-19(8-12-21)26-24(29)17-14-23(28)27(15-17)20-9-5-18(25)6-10-20/h2-13,17H,14-15H2,1H3,(H,26,29)/t17-/m0/s1. The van der Waals surface area contributed by atoms with Crippen molar-refractivity contribution in [2.24, 2.45) is 5.92 Å². The van der Waals surface area contributed by atoms with Crippen molar-refractivity contribution in [3.8, 4) is 11.5 Å². The molecule has 1 saturated heterocycles. The summed E-state index contributed by atoms with van der Waals surface area (Å²) in [5.74, 6) is 0.796. The van der Waals surface area contributed by atoms with Crippen molar-refractivity contribution in [1.29, 1.82) is 0 Å². The maximum absolute atomic E-state index is 12.7. The predicted molar refractivity (Wildman–Crippen MR) is 118 cm³/mol. The van der Waals surface area contributed by atoms with Gasteiger partial charge in [-0.2, -0.15) is 0 Å². The van der Waals surface area contributed by atoms with E-state index in [4.69, 9.17) is 16.3 Å². The number of halogens is 1. The van der Waals surface area contributed by atoms with Crippen LogP contribution in [0.2, 0.25) is 5.02 Å². The number of nitrogens with zero attached hydrogens (tertiary/aromatic N) is 1. The van der Waals surface area contributed by atoms with Gasteiger partial charge in [0.05, 0.1) is 5.92 Å². The van der Waals surface area contributed by atoms with Gasteiger partial charge in [-0.15, -0.1) is 0 Å². The number of hydrogen-bond acceptors (Lipinski definition) is 3. The van der Waals surface area contributed by atoms with E-state index in [1.54, 1.807) is 53.4 Å². The van der Waals surface area contributed by atoms with Gasteiger partial charge in [0, 0.05) is 29.4 Å². The minimum absolute atomic E-state index is 0.0700. The topological polar surface area (TPSA) is 58.6 Å². The third kappa shape index (κ3) is 4.63. The van der Waals surface area contributed by atoms with Crippen LogP contribution in [0.4, 0.5) is 11.4 Å². The molecule has 1 aliphatic heterocycles. The normalized spacial score (nSPS) is 15.9. The van der Waals surface area contributed by atoms with Crippen LogP contribution in [-0.2, 0) is 9.59 Å². The Labute approximate surface area is 180 Å². The van der Waals surface area contributed by atoms with Gasteiger partial charge >= 0.3 is 0 Å². The molecule has 0 radical (unpaired) electrons. The molecule has 0 saturated carbocycles. The number of hydrogen-bond donors (Lipinski definition) is 1. The zero-order valence-electron chi connectivity index (χ0n) is 16.5. The van der Waals surface area contributed by atoms with Crippen molar-refractivity contribution in [3.63, 3.8) is 0 Å². The van der Waals surface area contributed by atoms with E-state index in [0.29, 0.717) is 23.0 Å². The minimum Gasteiger partial charge on any atom is -0.457 e. The summed E-state index contributed by atoms with van der Waals surface area (Å²) in [4.78, 5) is 26.7. The van der Waals surface area contributed by atoms with Crippen molar-refractivity contribution in [2.45, 2.75) is 13.3 Å². The van der Waals surface area contributed by atoms with E-state index in [1.807, 2.05) is 31.2 Å². The van der Waals surface area contributed by atoms with Gasteiger partial charge < -0.3 is 15.0 Å². The number of benzene rings is 3. The van der Waals surface area contributed by atoms with Gasteiger partial charge in [0.1, 0.15) is 11.5 Å². The van der Waals surface area contributed by atoms with Gasteiger partial charge in [-0.3, -0.25) is 9.59 Å². The summed E-state index contributed by atoms with van der Waals surface area (Å²) in [7, 11) is 0. The van der Waals surface area contributed by atoms with Gasteiger partial charge in [-0.25, -0.2) is 0 Å². The summed E-state index contributed by atoms with van der Waals surface area (Å²) in [5, 5.41) is 3.50. The molecule has 1 heterocycles. The second-order valence-corrected chi connectivity index (χ2v) is 7.75. The Balaban J connectivity index is 1.37. The Morgan fingerprint density at radius 1 is 1.03 bits per heavy atom. The molecule has 30 heavy (non-hydrogen) atoms. The fraction of sp³-hybridized carbons (Fsp3) is 0.167. The number of aryl methyl sites for hydroxylation is 1. The highest BCUT2D eigenvalue weighted by Crippen LogP contribution is 2.28. The first-order chi connectivity index (χ1) is 14.5. The van der Waals surface area contributed by atoms with Crippen molar-refractivity contribution < 1.29 is 14.3 Å². The lowest BCUT2D eigenvalue weighted by molar-refractivity contribution is -0.122. The second-order valence-electron chi connectivity index (χ2n) is 7.31. The molecule has 6 heteroatoms. The molecule has 1 fully saturated rings. The number of anilines is 2. The van der Waals surface area contributed by atoms with E-state index >= 15 is 0 Å². The summed E-state index contributed by atoms with van der Waals surface area (Å²) < 4.78 is 5.83. The SMILES string of the molecule is Cc1cccc(Oc2ccc(NC(=O)[C@H]3CC(=O)N(c4ccc(Cl)cc4)C3)cc2)c1. The Morgan fingerprint density at radius 2 is 1.77 bits per heavy atom. The average molecular weight is 421 g/mol. The molecule has 4 rings (SSSR count). The van der Waals surface area contributed by atoms with E-state index in [-0.39, 0.29) is 18.2 Å². The third-order valence-corrected chi connectivity index (χ3v) is 5.23. The van der Waals surface area contributed by atoms with Crippen LogP contribution in [0.1, 0.15) is 12.0 Å². The summed E-state index contributed by atoms with van der Waals surface area (Å²) in [6.07, 6.45) is 0.184. The smallest absolute Gasteiger partial charge is 0.229 e. The lowest BCUT2D eigenvalue weighted by Gasteiger charge is -2.17. The highest BCUT2D eigenvalue weighted by molar-refractivity contribution is 6.30. The summed E-state index contributed by atoms with van der Waals surface area (Å²) in [5.41, 5.74) is 2.53. The van der Waals surface area contributed by atoms with E-state index in [9.17, 15) is 9.59 Å². The maximum Gasteiger partial charge on any atom is 0.229 e. The van der Waals surface area contributed by atoms with Crippen LogP contribution in [0.25, 0.3) is 0 Å². The van der Waals surface area contributed by atoms with E-state index in [1.165, 1.54) is 0 Å². The van der Waals surface area contributed by atoms with Gasteiger partial charge in [-0.05, 0) is 73.2 Å². The molecule has 5 nitrogen and oxygen atoms in total. The zero-order valence-corrected chi connectivity index (χ0v) is 17.2. The van der Waals surface area contributed by atoms with Crippen molar-refractivity contribution in [3.05, 3.63) is 83.4 Å². The van der Waals surface area contributed by atoms with Gasteiger partial charge in [-0.1, -0.05) is 23.7 Å². The first kappa shape index (κ1) is 20.0. The fourth-order valence-electron chi connectivity index (χ4n) is 3.42. The number of ether oxygens (including phenoxy) is 1. The largest absolute Gasteiger partial charge is 0.457 e. The maximum atomic E-state index is 12.7. The van der Waals surface area contributed by atoms with E-state index in [0.717, 1.165) is 17.0 Å². The summed E-state index contributed by atoms with van der Waals surface area (Å²) in [6, 6.07) is 22.0. The average Bonchev–Trinajstić information content (AvgIpc) is 3.12. The van der Waals surface area contributed by atoms with E-state index < -0.39 is 5.92 Å². The molecule has 152 valence electrons. The number of carbonyl (C=O) groups is 2. The molecule has 1 atom stereocenters. The molecule has 2 amide bonds. The Kier molecular flexibility index (Phi) is 5.72. The predicted octanol–water partition coefficient (Wildman–Crippen LogP) is 5.43. The summed E-state index contributed by atoms with van der Waals surface area (Å²) in [6.45, 7) is 2.36. The van der Waals surface area contributed by atoms with Gasteiger partial charge in [0.2, 0.25) is 11.8 Å². The third-order valence-electron chi connectivity index (χ3n) is 4.98. The molecule has 0 aliphatic carbocycles. The van der Waals surface area contributed by atoms with Crippen LogP contribution in [0, 0.1) is 12.8 Å². The van der Waals surface area contributed by atoms with Crippen LogP contribution in [0.5, 0.6) is 11.5 Å². The highest BCUT2D eigenvalue weighted by Gasteiger charge is 2.35. The molecule has 1 aliphatic rings. The number of nitrogens with one attached hydrogen (secondary N) is 1. The minimum atomic E-state index is -0.406. The second kappa shape index (κ2) is 8.59. The number of carbonyl (C=O) groups excluding carboxylic acids is 2. The Bertz CT molecular complexity index is 1060. The number of amides is 2. The van der Waals surface area contributed by atoms with Gasteiger partial charge in [0.15, 0.2) is 0 Å². The monoisotopic (exact) mass is 420 g/mol. The van der Waals surface area contributed by atoms with Crippen molar-refractivity contribution in [2.75, 3.05) is 16.8 Å². The number of rotatable bonds is 5. The van der Waals surface area contributed by atoms with E-state index in [2.05, 4.69) is 5.32 Å². The van der Waals surface area contributed by atoms with Crippen LogP contribution in [0.15, 0.2) is 72.8 Å². The molecule has 1 N–H and O–H groups in total. The Morgan fingerprint density at radius 3 is 2.47 bits per heavy atom. The zero-order chi connectivity index (χ0) is 21.1. The molecule has 0 unspecified atom stereocenters. The van der Waals surface area contributed by atoms with Gasteiger partial charge in [0.25, 0.3) is 0 Å². The molecule has 3 aromatic carbocycles. The van der Waals surface area contributed by atoms with Crippen molar-refractivity contribution in [1.82, 2.24) is 0 Å².